The number of nitrogens with one attached hydrogen (secondary N) is 2. The maximum absolute atomic E-state index is 15.0. The molecule has 2 fully saturated rings. The van der Waals surface area contributed by atoms with Crippen molar-refractivity contribution in [3.8, 4) is 5.69 Å². The van der Waals surface area contributed by atoms with Crippen LogP contribution in [0.5, 0.6) is 0 Å². The number of rotatable bonds is 6. The van der Waals surface area contributed by atoms with Gasteiger partial charge >= 0.3 is 11.7 Å². The van der Waals surface area contributed by atoms with Gasteiger partial charge in [0.05, 0.1) is 5.69 Å². The van der Waals surface area contributed by atoms with Crippen molar-refractivity contribution in [2.45, 2.75) is 51.2 Å². The summed E-state index contributed by atoms with van der Waals surface area (Å²) in [7, 11) is 0. The first-order chi connectivity index (χ1) is 16.4. The lowest BCUT2D eigenvalue weighted by molar-refractivity contribution is 0.148. The number of carbonyl (C=O) groups is 1. The van der Waals surface area contributed by atoms with Gasteiger partial charge in [-0.3, -0.25) is 14.8 Å². The van der Waals surface area contributed by atoms with Gasteiger partial charge in [0, 0.05) is 56.6 Å². The molecule has 0 radical (unpaired) electrons. The minimum Gasteiger partial charge on any atom is -0.328 e. The highest BCUT2D eigenvalue weighted by atomic mass is 19.1. The number of halogens is 1. The number of anilines is 1. The molecule has 9 nitrogen and oxygen atoms in total. The number of aromatic nitrogens is 2. The Hall–Kier alpha value is -2.82. The molecule has 4 N–H and O–H groups in total. The molecular formula is C24H34FN7O2. The van der Waals surface area contributed by atoms with Crippen LogP contribution in [0.15, 0.2) is 35.3 Å². The van der Waals surface area contributed by atoms with Gasteiger partial charge < -0.3 is 16.0 Å². The molecule has 4 rings (SSSR count). The second-order valence-corrected chi connectivity index (χ2v) is 9.04. The monoisotopic (exact) mass is 471 g/mol. The Morgan fingerprint density at radius 3 is 2.62 bits per heavy atom. The first-order valence-electron chi connectivity index (χ1n) is 12.1. The molecular weight excluding hydrogens is 437 g/mol. The zero-order chi connectivity index (χ0) is 24.1. The van der Waals surface area contributed by atoms with E-state index in [1.54, 1.807) is 23.1 Å². The van der Waals surface area contributed by atoms with Crippen LogP contribution >= 0.6 is 0 Å². The van der Waals surface area contributed by atoms with Gasteiger partial charge in [0.1, 0.15) is 11.6 Å². The molecule has 1 aliphatic carbocycles. The molecule has 1 saturated carbocycles. The van der Waals surface area contributed by atoms with Crippen LogP contribution in [-0.4, -0.2) is 70.2 Å². The van der Waals surface area contributed by atoms with E-state index < -0.39 is 5.69 Å². The smallest absolute Gasteiger partial charge is 0.328 e. The molecule has 34 heavy (non-hydrogen) atoms. The van der Waals surface area contributed by atoms with Crippen LogP contribution in [0.2, 0.25) is 0 Å². The van der Waals surface area contributed by atoms with E-state index >= 15 is 4.39 Å². The van der Waals surface area contributed by atoms with E-state index in [-0.39, 0.29) is 23.7 Å². The van der Waals surface area contributed by atoms with Gasteiger partial charge in [0.25, 0.3) is 0 Å². The van der Waals surface area contributed by atoms with E-state index in [4.69, 9.17) is 5.73 Å². The van der Waals surface area contributed by atoms with Crippen LogP contribution in [0.1, 0.15) is 38.2 Å². The van der Waals surface area contributed by atoms with Crippen molar-refractivity contribution in [1.29, 1.82) is 0 Å². The van der Waals surface area contributed by atoms with E-state index in [2.05, 4.69) is 27.4 Å². The molecule has 0 spiro atoms. The fourth-order valence-corrected chi connectivity index (χ4v) is 4.72. The average molecular weight is 472 g/mol. The van der Waals surface area contributed by atoms with E-state index in [0.717, 1.165) is 45.3 Å². The summed E-state index contributed by atoms with van der Waals surface area (Å²) < 4.78 is 16.3. The van der Waals surface area contributed by atoms with Gasteiger partial charge in [-0.2, -0.15) is 4.98 Å². The topological polar surface area (TPSA) is 109 Å². The second kappa shape index (κ2) is 11.1. The molecule has 1 aliphatic heterocycles. The third kappa shape index (κ3) is 5.81. The predicted octanol–water partition coefficient (Wildman–Crippen LogP) is 1.90. The number of hydrogen-bond acceptors (Lipinski definition) is 6. The fourth-order valence-electron chi connectivity index (χ4n) is 4.72. The number of hydrogen-bond donors (Lipinski definition) is 3. The van der Waals surface area contributed by atoms with Gasteiger partial charge in [-0.05, 0) is 50.4 Å². The van der Waals surface area contributed by atoms with Gasteiger partial charge in [-0.25, -0.2) is 14.0 Å². The predicted molar refractivity (Wildman–Crippen MR) is 130 cm³/mol. The summed E-state index contributed by atoms with van der Waals surface area (Å²) in [6.45, 7) is 6.10. The highest BCUT2D eigenvalue weighted by Crippen LogP contribution is 2.24. The third-order valence-electron chi connectivity index (χ3n) is 6.80. The minimum absolute atomic E-state index is 0.174. The van der Waals surface area contributed by atoms with Crippen molar-refractivity contribution in [1.82, 2.24) is 24.7 Å². The van der Waals surface area contributed by atoms with Crippen LogP contribution in [0, 0.1) is 5.82 Å². The summed E-state index contributed by atoms with van der Waals surface area (Å²) in [6.07, 6.45) is 5.58. The number of amides is 2. The standard InChI is InChI=1S/C24H34FN7O2/c1-2-30(19-7-4-18(26)5-8-19)16-17-3-6-20(15-21(17)25)32-12-9-22(29-24(32)34)28-23(33)31-13-10-27-11-14-31/h3,6,9,12,15,18-19,27H,2,4-5,7-8,10-11,13-14,16,26H2,1H3,(H,28,29,33,34)/t18-,19-. The fraction of sp³-hybridized carbons (Fsp3) is 0.542. The summed E-state index contributed by atoms with van der Waals surface area (Å²) in [5.74, 6) is -0.181. The molecule has 0 atom stereocenters. The van der Waals surface area contributed by atoms with Gasteiger partial charge in [-0.1, -0.05) is 13.0 Å². The first-order valence-corrected chi connectivity index (χ1v) is 12.1. The van der Waals surface area contributed by atoms with Crippen LogP contribution < -0.4 is 22.1 Å². The number of nitrogens with zero attached hydrogens (tertiary/aromatic N) is 4. The van der Waals surface area contributed by atoms with E-state index in [1.807, 2.05) is 0 Å². The Morgan fingerprint density at radius 1 is 1.24 bits per heavy atom. The Bertz CT molecular complexity index is 1050. The minimum atomic E-state index is -0.584. The maximum atomic E-state index is 15.0. The molecule has 2 aromatic rings. The van der Waals surface area contributed by atoms with Crippen LogP contribution in [-0.2, 0) is 6.54 Å². The van der Waals surface area contributed by atoms with E-state index in [0.29, 0.717) is 36.9 Å². The maximum Gasteiger partial charge on any atom is 0.354 e. The highest BCUT2D eigenvalue weighted by molar-refractivity contribution is 5.88. The molecule has 10 heteroatoms. The summed E-state index contributed by atoms with van der Waals surface area (Å²) in [5, 5.41) is 5.84. The third-order valence-corrected chi connectivity index (χ3v) is 6.80. The molecule has 2 amide bonds. The highest BCUT2D eigenvalue weighted by Gasteiger charge is 2.24. The second-order valence-electron chi connectivity index (χ2n) is 9.04. The van der Waals surface area contributed by atoms with Crippen molar-refractivity contribution < 1.29 is 9.18 Å². The molecule has 184 valence electrons. The van der Waals surface area contributed by atoms with Gasteiger partial charge in [-0.15, -0.1) is 0 Å². The zero-order valence-electron chi connectivity index (χ0n) is 19.7. The van der Waals surface area contributed by atoms with E-state index in [9.17, 15) is 9.59 Å². The summed E-state index contributed by atoms with van der Waals surface area (Å²) in [6, 6.07) is 6.77. The largest absolute Gasteiger partial charge is 0.354 e. The lowest BCUT2D eigenvalue weighted by Gasteiger charge is -2.35. The Labute approximate surface area is 199 Å². The Morgan fingerprint density at radius 2 is 1.97 bits per heavy atom. The van der Waals surface area contributed by atoms with Crippen LogP contribution in [0.3, 0.4) is 0 Å². The van der Waals surface area contributed by atoms with Crippen molar-refractivity contribution in [3.05, 3.63) is 52.3 Å². The first kappa shape index (κ1) is 24.3. The van der Waals surface area contributed by atoms with Gasteiger partial charge in [0.15, 0.2) is 0 Å². The number of piperazine rings is 1. The lowest BCUT2D eigenvalue weighted by atomic mass is 9.90. The number of nitrogens with two attached hydrogens (primary N) is 1. The zero-order valence-corrected chi connectivity index (χ0v) is 19.7. The summed E-state index contributed by atoms with van der Waals surface area (Å²) >= 11 is 0. The Kier molecular flexibility index (Phi) is 7.91. The van der Waals surface area contributed by atoms with Crippen molar-refractivity contribution in [2.75, 3.05) is 38.0 Å². The van der Waals surface area contributed by atoms with Crippen molar-refractivity contribution in [2.24, 2.45) is 5.73 Å². The van der Waals surface area contributed by atoms with E-state index in [1.165, 1.54) is 16.8 Å². The molecule has 0 bridgehead atoms. The molecule has 1 aromatic carbocycles. The number of carbonyl (C=O) groups excluding carboxylic acids is 1. The van der Waals surface area contributed by atoms with Crippen molar-refractivity contribution >= 4 is 11.8 Å². The quantitative estimate of drug-likeness (QED) is 0.594. The molecule has 1 aromatic heterocycles. The number of urea groups is 1. The lowest BCUT2D eigenvalue weighted by Crippen LogP contribution is -2.48. The van der Waals surface area contributed by atoms with Crippen LogP contribution in [0.4, 0.5) is 15.0 Å². The van der Waals surface area contributed by atoms with Gasteiger partial charge in [0.2, 0.25) is 0 Å². The van der Waals surface area contributed by atoms with Crippen molar-refractivity contribution in [3.63, 3.8) is 0 Å². The Balaban J connectivity index is 1.43. The summed E-state index contributed by atoms with van der Waals surface area (Å²) in [4.78, 5) is 32.8. The van der Waals surface area contributed by atoms with Crippen LogP contribution in [0.25, 0.3) is 5.69 Å². The number of benzene rings is 1. The molecule has 1 saturated heterocycles. The SMILES string of the molecule is CCN(Cc1ccc(-n2ccc(NC(=O)N3CCNCC3)nc2=O)cc1F)[C@H]1CC[C@H](N)CC1. The molecule has 2 aliphatic rings. The average Bonchev–Trinajstić information content (AvgIpc) is 2.84. The molecule has 2 heterocycles. The molecule has 0 unspecified atom stereocenters. The summed E-state index contributed by atoms with van der Waals surface area (Å²) in [5.41, 5.74) is 6.44. The normalized spacial score (nSPS) is 21.0.